The lowest BCUT2D eigenvalue weighted by molar-refractivity contribution is -0.151. The van der Waals surface area contributed by atoms with Gasteiger partial charge in [-0.2, -0.15) is 0 Å². The molecule has 13 N–H and O–H groups in total. The molecule has 1 aliphatic heterocycles. The third kappa shape index (κ3) is 27.0. The average molecular weight is 1640 g/mol. The van der Waals surface area contributed by atoms with E-state index in [1.54, 1.807) is 149 Å². The van der Waals surface area contributed by atoms with Gasteiger partial charge in [0.15, 0.2) is 0 Å². The summed E-state index contributed by atoms with van der Waals surface area (Å²) in [5, 5.41) is 65.5. The van der Waals surface area contributed by atoms with E-state index in [-0.39, 0.29) is 68.8 Å². The highest BCUT2D eigenvalue weighted by atomic mass is 16.4. The summed E-state index contributed by atoms with van der Waals surface area (Å²) in [4.78, 5) is 202. The van der Waals surface area contributed by atoms with E-state index in [2.05, 4.69) is 47.5 Å². The first-order chi connectivity index (χ1) is 56.7. The number of carbonyl (C=O) groups excluding carboxylic acids is 12. The van der Waals surface area contributed by atoms with Gasteiger partial charge in [0.25, 0.3) is 0 Å². The fraction of sp³-hybridized carbons (Fsp3) is 0.420. The molecule has 0 saturated carbocycles. The quantitative estimate of drug-likeness (QED) is 0.0520. The van der Waals surface area contributed by atoms with Crippen LogP contribution in [-0.4, -0.2) is 248 Å². The number of carboxylic acid groups (broad SMARTS) is 1. The zero-order valence-electron chi connectivity index (χ0n) is 68.9. The SMILES string of the molecule is CCCC[C@H]1C(=O)N(C)CC(=O)N[C@@H](CC(=O)O)C(=O)N[C@@H](C(C)C)C(=O)N(C)[C@@H](Cc2ccccc2)C(=O)N[C@@H](Cc2ccc(O)cc2)C(=O)N(C)CC(=O)N[C@@H](Cc2c[nH]c3ccccc23)C(=O)N[C@@H](Cc2ccc(O)cc2)C(=O)N[C@@H](CC(C)C)C(=O)NCC(O)N[C@@H](Cc2ccccc2)C(=O)N(C)[C@@H](Cc2ccccc2)C(=O)N1C. The number of fused-ring (bicyclic) bond motifs is 1. The van der Waals surface area contributed by atoms with Crippen LogP contribution >= 0.6 is 0 Å². The maximum absolute atomic E-state index is 15.5. The number of unbranched alkanes of at least 4 members (excludes halogenated alkanes) is 1. The number of aromatic nitrogens is 1. The number of nitrogens with zero attached hydrogens (tertiary/aromatic N) is 5. The molecule has 2 heterocycles. The van der Waals surface area contributed by atoms with E-state index in [1.807, 2.05) is 6.92 Å². The van der Waals surface area contributed by atoms with Gasteiger partial charge in [-0.3, -0.25) is 67.6 Å². The number of phenolic OH excluding ortho intramolecular Hbond substituents is 2. The highest BCUT2D eigenvalue weighted by Crippen LogP contribution is 2.24. The summed E-state index contributed by atoms with van der Waals surface area (Å²) in [6, 6.07) is 30.2. The smallest absolute Gasteiger partial charge is 0.305 e. The molecule has 12 amide bonds. The van der Waals surface area contributed by atoms with Crippen LogP contribution < -0.4 is 42.5 Å². The number of aliphatic hydroxyl groups is 1. The van der Waals surface area contributed by atoms with E-state index < -0.39 is 175 Å². The molecule has 7 aromatic rings. The number of para-hydroxylation sites is 1. The summed E-state index contributed by atoms with van der Waals surface area (Å²) >= 11 is 0. The predicted octanol–water partition coefficient (Wildman–Crippen LogP) is 3.42. The monoisotopic (exact) mass is 1640 g/mol. The zero-order chi connectivity index (χ0) is 86.7. The molecule has 1 saturated heterocycles. The van der Waals surface area contributed by atoms with Crippen molar-refractivity contribution in [2.24, 2.45) is 11.8 Å². The van der Waals surface area contributed by atoms with Crippen molar-refractivity contribution in [1.82, 2.24) is 72.0 Å². The second kappa shape index (κ2) is 44.2. The van der Waals surface area contributed by atoms with E-state index in [1.165, 1.54) is 93.6 Å². The molecular weight excluding hydrogens is 1530 g/mol. The largest absolute Gasteiger partial charge is 0.508 e. The number of aliphatic carboxylic acids is 1. The minimum Gasteiger partial charge on any atom is -0.508 e. The highest BCUT2D eigenvalue weighted by Gasteiger charge is 2.42. The second-order valence-corrected chi connectivity index (χ2v) is 31.2. The summed E-state index contributed by atoms with van der Waals surface area (Å²) in [6.45, 7) is 6.56. The summed E-state index contributed by atoms with van der Waals surface area (Å²) in [7, 11) is 6.67. The van der Waals surface area contributed by atoms with Crippen LogP contribution in [0.1, 0.15) is 100 Å². The molecule has 1 unspecified atom stereocenters. The number of amides is 12. The number of β-amino-alcohol motifs (C(OH)–C–C–N with tert-alkyl or cyclic N) is 1. The Morgan fingerprint density at radius 1 is 0.437 bits per heavy atom. The normalized spacial score (nSPS) is 22.6. The Kier molecular flexibility index (Phi) is 34.1. The van der Waals surface area contributed by atoms with Crippen molar-refractivity contribution in [2.45, 2.75) is 172 Å². The number of phenols is 2. The minimum atomic E-state index is -1.87. The van der Waals surface area contributed by atoms with Gasteiger partial charge in [0.2, 0.25) is 70.9 Å². The Balaban J connectivity index is 1.20. The summed E-state index contributed by atoms with van der Waals surface area (Å²) in [5.74, 6) is -13.1. The number of carboxylic acids is 1. The first kappa shape index (κ1) is 92.0. The van der Waals surface area contributed by atoms with Gasteiger partial charge in [-0.15, -0.1) is 0 Å². The van der Waals surface area contributed by atoms with Crippen LogP contribution in [0.25, 0.3) is 10.9 Å². The van der Waals surface area contributed by atoms with Gasteiger partial charge in [-0.25, -0.2) is 0 Å². The van der Waals surface area contributed by atoms with Crippen molar-refractivity contribution in [1.29, 1.82) is 0 Å². The third-order valence-electron chi connectivity index (χ3n) is 21.0. The first-order valence-corrected chi connectivity index (χ1v) is 39.9. The van der Waals surface area contributed by atoms with Gasteiger partial charge in [0.1, 0.15) is 72.1 Å². The lowest BCUT2D eigenvalue weighted by atomic mass is 9.98. The van der Waals surface area contributed by atoms with Crippen molar-refractivity contribution in [3.05, 3.63) is 203 Å². The van der Waals surface area contributed by atoms with Gasteiger partial charge < -0.3 is 87.1 Å². The number of carbonyl (C=O) groups is 13. The number of aliphatic hydroxyl groups excluding tert-OH is 1. The minimum absolute atomic E-state index is 0.0201. The first-order valence-electron chi connectivity index (χ1n) is 39.9. The molecule has 8 rings (SSSR count). The summed E-state index contributed by atoms with van der Waals surface area (Å²) in [6.07, 6.45) is -1.04. The highest BCUT2D eigenvalue weighted by molar-refractivity contribution is 6.00. The Hall–Kier alpha value is -12.5. The summed E-state index contributed by atoms with van der Waals surface area (Å²) in [5.41, 5.74) is 3.91. The Morgan fingerprint density at radius 2 is 0.882 bits per heavy atom. The number of aromatic hydroxyl groups is 2. The molecule has 0 bridgehead atoms. The number of likely N-dealkylation sites (N-methyl/N-ethyl adjacent to an activating group) is 5. The molecule has 31 heteroatoms. The Bertz CT molecular complexity index is 4630. The number of rotatable bonds is 20. The van der Waals surface area contributed by atoms with Crippen LogP contribution in [0.4, 0.5) is 0 Å². The molecule has 0 radical (unpaired) electrons. The van der Waals surface area contributed by atoms with Crippen LogP contribution in [0, 0.1) is 11.8 Å². The molecule has 1 fully saturated rings. The maximum Gasteiger partial charge on any atom is 0.305 e. The molecule has 31 nitrogen and oxygen atoms in total. The van der Waals surface area contributed by atoms with E-state index >= 15 is 33.6 Å². The van der Waals surface area contributed by atoms with Crippen molar-refractivity contribution in [3.63, 3.8) is 0 Å². The van der Waals surface area contributed by atoms with E-state index in [0.29, 0.717) is 57.1 Å². The second-order valence-electron chi connectivity index (χ2n) is 31.2. The van der Waals surface area contributed by atoms with Crippen LogP contribution in [0.15, 0.2) is 170 Å². The van der Waals surface area contributed by atoms with Crippen molar-refractivity contribution >= 4 is 87.8 Å². The number of nitrogens with one attached hydrogen (secondary N) is 9. The van der Waals surface area contributed by atoms with Gasteiger partial charge in [-0.05, 0) is 94.8 Å². The van der Waals surface area contributed by atoms with Gasteiger partial charge >= 0.3 is 5.97 Å². The Morgan fingerprint density at radius 3 is 1.42 bits per heavy atom. The number of aromatic amines is 1. The van der Waals surface area contributed by atoms with Crippen molar-refractivity contribution < 1.29 is 82.8 Å². The summed E-state index contributed by atoms with van der Waals surface area (Å²) < 4.78 is 0. The maximum atomic E-state index is 15.5. The zero-order valence-corrected chi connectivity index (χ0v) is 68.9. The van der Waals surface area contributed by atoms with Crippen molar-refractivity contribution in [3.8, 4) is 11.5 Å². The van der Waals surface area contributed by atoms with Gasteiger partial charge in [0, 0.05) is 84.4 Å². The molecule has 6 aromatic carbocycles. The van der Waals surface area contributed by atoms with Crippen LogP contribution in [0.2, 0.25) is 0 Å². The number of hydrogen-bond donors (Lipinski definition) is 13. The lowest BCUT2D eigenvalue weighted by Crippen LogP contribution is -2.61. The fourth-order valence-corrected chi connectivity index (χ4v) is 14.3. The Labute approximate surface area is 692 Å². The number of hydrogen-bond acceptors (Lipinski definition) is 17. The standard InChI is InChI=1S/C88H112N14O17/c1-11-12-32-71-86(117)99(7)52-76(107)92-68(48-77(108)109)82(113)97-78(54(4)5)88(119)101(9)72(45-56-26-18-14-19-27-56)83(114)96-69(44-59-35-39-62(104)40-36-59)84(115)98(6)51-75(106)91-67(47-60-49-89-64-31-23-22-30-63(60)64)81(112)95-66(42-58-33-37-61(103)38-34-58)80(111)94-65(41-53(2)3)79(110)90-50-74(105)93-70(43-55-24-16-13-17-25-55)85(116)102(10)73(87(118)100(71)8)46-57-28-20-15-21-29-57/h13-31,33-40,49,53-54,65-74,78,89,93,103-105H,11-12,32,41-48,50-52H2,1-10H3,(H,90,110)(H,91,106)(H,92,107)(H,94,111)(H,95,112)(H,96,114)(H,97,113)(H,108,109)/t65-,66-,67-,68-,69-,70-,71-,72-,73-,74?,78-/m0/s1. The van der Waals surface area contributed by atoms with Gasteiger partial charge in [-0.1, -0.05) is 181 Å². The molecule has 11 atom stereocenters. The van der Waals surface area contributed by atoms with E-state index in [0.717, 1.165) is 14.7 Å². The molecule has 1 aliphatic rings. The van der Waals surface area contributed by atoms with Crippen LogP contribution in [-0.2, 0) is 101 Å². The van der Waals surface area contributed by atoms with Crippen molar-refractivity contribution in [2.75, 3.05) is 54.9 Å². The average Bonchev–Trinajstić information content (AvgIpc) is 1.53. The molecule has 0 spiro atoms. The third-order valence-corrected chi connectivity index (χ3v) is 21.0. The number of benzene rings is 6. The van der Waals surface area contributed by atoms with E-state index in [4.69, 9.17) is 0 Å². The van der Waals surface area contributed by atoms with Crippen LogP contribution in [0.3, 0.4) is 0 Å². The molecule has 636 valence electrons. The topological polar surface area (TPSA) is 431 Å². The number of H-pyrrole nitrogens is 1. The van der Waals surface area contributed by atoms with Gasteiger partial charge in [0.05, 0.1) is 32.1 Å². The molecular formula is C88H112N14O17. The van der Waals surface area contributed by atoms with Crippen LogP contribution in [0.5, 0.6) is 11.5 Å². The van der Waals surface area contributed by atoms with E-state index in [9.17, 15) is 49.2 Å². The fourth-order valence-electron chi connectivity index (χ4n) is 14.3. The molecule has 119 heavy (non-hydrogen) atoms. The molecule has 1 aromatic heterocycles. The lowest BCUT2D eigenvalue weighted by Gasteiger charge is -2.37. The predicted molar refractivity (Wildman–Crippen MR) is 445 cm³/mol. The molecule has 0 aliphatic carbocycles.